The van der Waals surface area contributed by atoms with Crippen LogP contribution in [0.2, 0.25) is 0 Å². The molecule has 0 N–H and O–H groups in total. The van der Waals surface area contributed by atoms with Gasteiger partial charge in [0.05, 0.1) is 17.8 Å². The smallest absolute Gasteiger partial charge is 0.225 e. The lowest BCUT2D eigenvalue weighted by Crippen LogP contribution is -2.41. The minimum Gasteiger partial charge on any atom is -0.332 e. The van der Waals surface area contributed by atoms with Gasteiger partial charge in [0, 0.05) is 18.2 Å². The van der Waals surface area contributed by atoms with Crippen molar-refractivity contribution in [1.82, 2.24) is 19.3 Å². The molecular weight excluding hydrogens is 264 g/mol. The Labute approximate surface area is 125 Å². The SMILES string of the molecule is Cc1cc2cncn2c([C@H]2CCCCN2C(=O)C(C)C)n1. The molecule has 1 amide bonds. The fourth-order valence-corrected chi connectivity index (χ4v) is 3.11. The van der Waals surface area contributed by atoms with Crippen molar-refractivity contribution >= 4 is 11.4 Å². The molecule has 21 heavy (non-hydrogen) atoms. The van der Waals surface area contributed by atoms with Gasteiger partial charge in [0.2, 0.25) is 5.91 Å². The van der Waals surface area contributed by atoms with Crippen LogP contribution in [0.1, 0.15) is 50.7 Å². The zero-order chi connectivity index (χ0) is 15.0. The average Bonchev–Trinajstić information content (AvgIpc) is 2.93. The van der Waals surface area contributed by atoms with Crippen molar-refractivity contribution < 1.29 is 4.79 Å². The van der Waals surface area contributed by atoms with E-state index in [1.54, 1.807) is 6.33 Å². The summed E-state index contributed by atoms with van der Waals surface area (Å²) in [6, 6.07) is 2.08. The van der Waals surface area contributed by atoms with Gasteiger partial charge in [-0.05, 0) is 32.3 Å². The number of aryl methyl sites for hydroxylation is 1. The quantitative estimate of drug-likeness (QED) is 0.853. The van der Waals surface area contributed by atoms with Gasteiger partial charge in [-0.2, -0.15) is 0 Å². The van der Waals surface area contributed by atoms with Crippen LogP contribution in [0.3, 0.4) is 0 Å². The number of amides is 1. The first-order valence-corrected chi connectivity index (χ1v) is 7.68. The van der Waals surface area contributed by atoms with Crippen LogP contribution in [0.25, 0.3) is 5.52 Å². The van der Waals surface area contributed by atoms with Crippen LogP contribution >= 0.6 is 0 Å². The van der Waals surface area contributed by atoms with Crippen LogP contribution in [-0.2, 0) is 4.79 Å². The summed E-state index contributed by atoms with van der Waals surface area (Å²) in [5, 5.41) is 0. The molecule has 1 saturated heterocycles. The van der Waals surface area contributed by atoms with Crippen molar-refractivity contribution in [3.63, 3.8) is 0 Å². The van der Waals surface area contributed by atoms with Gasteiger partial charge in [-0.15, -0.1) is 0 Å². The van der Waals surface area contributed by atoms with E-state index in [1.165, 1.54) is 0 Å². The van der Waals surface area contributed by atoms with E-state index >= 15 is 0 Å². The summed E-state index contributed by atoms with van der Waals surface area (Å²) in [7, 11) is 0. The van der Waals surface area contributed by atoms with Gasteiger partial charge in [-0.3, -0.25) is 9.20 Å². The summed E-state index contributed by atoms with van der Waals surface area (Å²) in [6.45, 7) is 6.75. The Morgan fingerprint density at radius 3 is 2.95 bits per heavy atom. The highest BCUT2D eigenvalue weighted by atomic mass is 16.2. The first-order valence-electron chi connectivity index (χ1n) is 7.68. The number of aromatic nitrogens is 3. The standard InChI is InChI=1S/C16H22N4O/c1-11(2)16(21)19-7-5-4-6-14(19)15-18-12(3)8-13-9-17-10-20(13)15/h8-11,14H,4-7H2,1-3H3/t14-/m1/s1. The van der Waals surface area contributed by atoms with Gasteiger partial charge in [-0.25, -0.2) is 9.97 Å². The highest BCUT2D eigenvalue weighted by molar-refractivity contribution is 5.78. The van der Waals surface area contributed by atoms with Crippen molar-refractivity contribution in [2.45, 2.75) is 46.1 Å². The molecule has 0 unspecified atom stereocenters. The fraction of sp³-hybridized carbons (Fsp3) is 0.562. The first-order chi connectivity index (χ1) is 10.1. The summed E-state index contributed by atoms with van der Waals surface area (Å²) in [4.78, 5) is 23.5. The minimum absolute atomic E-state index is 0.0219. The van der Waals surface area contributed by atoms with E-state index in [4.69, 9.17) is 4.98 Å². The highest BCUT2D eigenvalue weighted by Crippen LogP contribution is 2.31. The minimum atomic E-state index is 0.0219. The highest BCUT2D eigenvalue weighted by Gasteiger charge is 2.31. The maximum atomic E-state index is 12.5. The lowest BCUT2D eigenvalue weighted by molar-refractivity contribution is -0.138. The number of hydrogen-bond acceptors (Lipinski definition) is 3. The Morgan fingerprint density at radius 1 is 1.38 bits per heavy atom. The number of carbonyl (C=O) groups excluding carboxylic acids is 1. The van der Waals surface area contributed by atoms with E-state index in [9.17, 15) is 4.79 Å². The molecule has 1 aliphatic rings. The Hall–Kier alpha value is -1.91. The zero-order valence-corrected chi connectivity index (χ0v) is 12.9. The molecule has 0 radical (unpaired) electrons. The van der Waals surface area contributed by atoms with Gasteiger partial charge in [0.1, 0.15) is 12.2 Å². The van der Waals surface area contributed by atoms with Gasteiger partial charge in [0.25, 0.3) is 0 Å². The number of hydrogen-bond donors (Lipinski definition) is 0. The van der Waals surface area contributed by atoms with Crippen LogP contribution in [-0.4, -0.2) is 31.7 Å². The molecule has 5 nitrogen and oxygen atoms in total. The summed E-state index contributed by atoms with van der Waals surface area (Å²) in [6.07, 6.45) is 6.83. The predicted octanol–water partition coefficient (Wildman–Crippen LogP) is 2.75. The Balaban J connectivity index is 2.06. The van der Waals surface area contributed by atoms with Crippen LogP contribution in [0.15, 0.2) is 18.6 Å². The average molecular weight is 286 g/mol. The van der Waals surface area contributed by atoms with E-state index in [1.807, 2.05) is 42.3 Å². The van der Waals surface area contributed by atoms with E-state index in [-0.39, 0.29) is 17.9 Å². The molecule has 3 rings (SSSR count). The molecule has 1 fully saturated rings. The topological polar surface area (TPSA) is 50.5 Å². The molecule has 1 atom stereocenters. The van der Waals surface area contributed by atoms with Crippen molar-refractivity contribution in [2.75, 3.05) is 6.54 Å². The van der Waals surface area contributed by atoms with Gasteiger partial charge in [0.15, 0.2) is 0 Å². The summed E-state index contributed by atoms with van der Waals surface area (Å²) < 4.78 is 2.02. The third kappa shape index (κ3) is 2.52. The van der Waals surface area contributed by atoms with E-state index in [0.29, 0.717) is 0 Å². The monoisotopic (exact) mass is 286 g/mol. The summed E-state index contributed by atoms with van der Waals surface area (Å²) in [5.74, 6) is 1.18. The molecule has 0 saturated carbocycles. The maximum absolute atomic E-state index is 12.5. The van der Waals surface area contributed by atoms with E-state index < -0.39 is 0 Å². The van der Waals surface area contributed by atoms with Crippen LogP contribution < -0.4 is 0 Å². The van der Waals surface area contributed by atoms with Crippen molar-refractivity contribution in [3.05, 3.63) is 30.1 Å². The maximum Gasteiger partial charge on any atom is 0.225 e. The Kier molecular flexibility index (Phi) is 3.66. The molecule has 0 bridgehead atoms. The molecule has 112 valence electrons. The molecule has 2 aromatic heterocycles. The van der Waals surface area contributed by atoms with Gasteiger partial charge >= 0.3 is 0 Å². The zero-order valence-electron chi connectivity index (χ0n) is 12.9. The number of nitrogens with zero attached hydrogens (tertiary/aromatic N) is 4. The largest absolute Gasteiger partial charge is 0.332 e. The number of imidazole rings is 1. The normalized spacial score (nSPS) is 19.4. The summed E-state index contributed by atoms with van der Waals surface area (Å²) in [5.41, 5.74) is 2.01. The molecule has 5 heteroatoms. The van der Waals surface area contributed by atoms with Crippen LogP contribution in [0.4, 0.5) is 0 Å². The van der Waals surface area contributed by atoms with Gasteiger partial charge < -0.3 is 4.90 Å². The third-order valence-corrected chi connectivity index (χ3v) is 4.14. The first kappa shape index (κ1) is 14.0. The summed E-state index contributed by atoms with van der Waals surface area (Å²) >= 11 is 0. The second kappa shape index (κ2) is 5.47. The number of fused-ring (bicyclic) bond motifs is 1. The van der Waals surface area contributed by atoms with Crippen molar-refractivity contribution in [1.29, 1.82) is 0 Å². The van der Waals surface area contributed by atoms with Gasteiger partial charge in [-0.1, -0.05) is 13.8 Å². The van der Waals surface area contributed by atoms with Crippen molar-refractivity contribution in [2.24, 2.45) is 5.92 Å². The Bertz CT molecular complexity index is 661. The predicted molar refractivity (Wildman–Crippen MR) is 80.9 cm³/mol. The molecule has 3 heterocycles. The lowest BCUT2D eigenvalue weighted by Gasteiger charge is -2.36. The van der Waals surface area contributed by atoms with Crippen molar-refractivity contribution in [3.8, 4) is 0 Å². The molecule has 0 aromatic carbocycles. The number of rotatable bonds is 2. The van der Waals surface area contributed by atoms with E-state index in [0.717, 1.165) is 42.8 Å². The Morgan fingerprint density at radius 2 is 2.19 bits per heavy atom. The fourth-order valence-electron chi connectivity index (χ4n) is 3.11. The number of likely N-dealkylation sites (tertiary alicyclic amines) is 1. The third-order valence-electron chi connectivity index (χ3n) is 4.14. The van der Waals surface area contributed by atoms with Crippen LogP contribution in [0.5, 0.6) is 0 Å². The molecule has 1 aliphatic heterocycles. The van der Waals surface area contributed by atoms with E-state index in [2.05, 4.69) is 4.98 Å². The molecule has 0 aliphatic carbocycles. The van der Waals surface area contributed by atoms with Crippen LogP contribution in [0, 0.1) is 12.8 Å². The lowest BCUT2D eigenvalue weighted by atomic mass is 9.99. The number of piperidine rings is 1. The molecule has 2 aromatic rings. The number of carbonyl (C=O) groups is 1. The molecule has 0 spiro atoms. The second-order valence-electron chi connectivity index (χ2n) is 6.14. The molecular formula is C16H22N4O. The second-order valence-corrected chi connectivity index (χ2v) is 6.14.